The van der Waals surface area contributed by atoms with Crippen LogP contribution in [0.3, 0.4) is 0 Å². The third-order valence-electron chi connectivity index (χ3n) is 5.48. The quantitative estimate of drug-likeness (QED) is 0.866. The van der Waals surface area contributed by atoms with Gasteiger partial charge in [-0.25, -0.2) is 0 Å². The van der Waals surface area contributed by atoms with Crippen LogP contribution in [0.2, 0.25) is 0 Å². The predicted octanol–water partition coefficient (Wildman–Crippen LogP) is 2.30. The first-order valence-electron chi connectivity index (χ1n) is 9.50. The van der Waals surface area contributed by atoms with Crippen molar-refractivity contribution in [3.05, 3.63) is 35.4 Å². The first kappa shape index (κ1) is 17.9. The number of aryl methyl sites for hydroxylation is 1. The fourth-order valence-corrected chi connectivity index (χ4v) is 4.04. The summed E-state index contributed by atoms with van der Waals surface area (Å²) in [7, 11) is 2.25. The smallest absolute Gasteiger partial charge is 0.0594 e. The molecule has 0 spiro atoms. The maximum Gasteiger partial charge on any atom is 0.0594 e. The minimum absolute atomic E-state index is 0.413. The van der Waals surface area contributed by atoms with Gasteiger partial charge in [0.25, 0.3) is 0 Å². The Labute approximate surface area is 147 Å². The van der Waals surface area contributed by atoms with Crippen molar-refractivity contribution in [1.29, 1.82) is 0 Å². The van der Waals surface area contributed by atoms with Gasteiger partial charge in [-0.1, -0.05) is 24.3 Å². The van der Waals surface area contributed by atoms with E-state index in [1.165, 1.54) is 37.1 Å². The van der Waals surface area contributed by atoms with Gasteiger partial charge in [0.2, 0.25) is 0 Å². The van der Waals surface area contributed by atoms with Crippen LogP contribution in [0, 0.1) is 12.8 Å². The van der Waals surface area contributed by atoms with Crippen LogP contribution < -0.4 is 5.32 Å². The molecule has 0 unspecified atom stereocenters. The van der Waals surface area contributed by atoms with E-state index < -0.39 is 0 Å². The first-order valence-corrected chi connectivity index (χ1v) is 9.50. The van der Waals surface area contributed by atoms with Crippen LogP contribution >= 0.6 is 0 Å². The lowest BCUT2D eigenvalue weighted by molar-refractivity contribution is 0.0330. The maximum absolute atomic E-state index is 5.51. The summed E-state index contributed by atoms with van der Waals surface area (Å²) in [6.45, 7) is 10.8. The van der Waals surface area contributed by atoms with Gasteiger partial charge in [0.15, 0.2) is 0 Å². The second kappa shape index (κ2) is 8.95. The summed E-state index contributed by atoms with van der Waals surface area (Å²) in [6, 6.07) is 9.25. The molecular weight excluding hydrogens is 298 g/mol. The summed E-state index contributed by atoms with van der Waals surface area (Å²) in [5, 5.41) is 3.91. The Morgan fingerprint density at radius 2 is 2.00 bits per heavy atom. The second-order valence-corrected chi connectivity index (χ2v) is 7.50. The van der Waals surface area contributed by atoms with E-state index in [-0.39, 0.29) is 0 Å². The largest absolute Gasteiger partial charge is 0.379 e. The number of rotatable bonds is 6. The molecule has 0 aliphatic carbocycles. The van der Waals surface area contributed by atoms with Crippen LogP contribution in [-0.4, -0.2) is 69.3 Å². The Morgan fingerprint density at radius 3 is 2.75 bits per heavy atom. The van der Waals surface area contributed by atoms with E-state index in [4.69, 9.17) is 4.74 Å². The van der Waals surface area contributed by atoms with E-state index in [2.05, 4.69) is 53.4 Å². The molecule has 1 aromatic carbocycles. The van der Waals surface area contributed by atoms with Gasteiger partial charge >= 0.3 is 0 Å². The van der Waals surface area contributed by atoms with Crippen molar-refractivity contribution < 1.29 is 4.74 Å². The number of hydrogen-bond acceptors (Lipinski definition) is 4. The molecule has 1 N–H and O–H groups in total. The highest BCUT2D eigenvalue weighted by atomic mass is 16.5. The number of morpholine rings is 1. The number of hydrogen-bond donors (Lipinski definition) is 1. The van der Waals surface area contributed by atoms with Crippen molar-refractivity contribution in [2.75, 3.05) is 59.5 Å². The molecule has 0 bridgehead atoms. The monoisotopic (exact) mass is 331 g/mol. The first-order chi connectivity index (χ1) is 11.7. The topological polar surface area (TPSA) is 27.7 Å². The van der Waals surface area contributed by atoms with E-state index in [0.717, 1.165) is 45.3 Å². The molecule has 0 saturated carbocycles. The fraction of sp³-hybridized carbons (Fsp3) is 0.700. The molecule has 3 rings (SSSR count). The van der Waals surface area contributed by atoms with Gasteiger partial charge in [-0.2, -0.15) is 0 Å². The lowest BCUT2D eigenvalue weighted by Gasteiger charge is -2.34. The molecule has 24 heavy (non-hydrogen) atoms. The van der Waals surface area contributed by atoms with Crippen molar-refractivity contribution in [3.63, 3.8) is 0 Å². The molecule has 2 atom stereocenters. The van der Waals surface area contributed by atoms with Gasteiger partial charge in [-0.15, -0.1) is 0 Å². The summed E-state index contributed by atoms with van der Waals surface area (Å²) in [5.74, 6) is 0.778. The molecule has 2 aliphatic rings. The highest BCUT2D eigenvalue weighted by molar-refractivity contribution is 5.29. The number of benzene rings is 1. The lowest BCUT2D eigenvalue weighted by Crippen LogP contribution is -2.44. The Hall–Kier alpha value is -0.940. The molecule has 134 valence electrons. The van der Waals surface area contributed by atoms with Gasteiger partial charge in [-0.05, 0) is 56.9 Å². The van der Waals surface area contributed by atoms with Gasteiger partial charge in [0, 0.05) is 32.2 Å². The highest BCUT2D eigenvalue weighted by Crippen LogP contribution is 2.21. The number of likely N-dealkylation sites (tertiary alicyclic amines) is 1. The molecule has 2 heterocycles. The summed E-state index contributed by atoms with van der Waals surface area (Å²) in [5.41, 5.74) is 2.84. The van der Waals surface area contributed by atoms with E-state index in [1.54, 1.807) is 0 Å². The Bertz CT molecular complexity index is 501. The van der Waals surface area contributed by atoms with Crippen LogP contribution in [0.4, 0.5) is 0 Å². The molecule has 0 amide bonds. The average molecular weight is 332 g/mol. The summed E-state index contributed by atoms with van der Waals surface area (Å²) >= 11 is 0. The van der Waals surface area contributed by atoms with E-state index in [9.17, 15) is 0 Å². The molecule has 1 aromatic rings. The standard InChI is InChI=1S/C20H33N3O/c1-17-6-3-4-8-19(17)20(16-23-10-12-24-13-11-23)21-14-18-7-5-9-22(2)15-18/h3-4,6,8,18,20-21H,5,7,9-16H2,1-2H3/t18-,20+/m1/s1. The third kappa shape index (κ3) is 5.03. The van der Waals surface area contributed by atoms with Crippen molar-refractivity contribution in [1.82, 2.24) is 15.1 Å². The van der Waals surface area contributed by atoms with Crippen LogP contribution in [-0.2, 0) is 4.74 Å². The van der Waals surface area contributed by atoms with Crippen LogP contribution in [0.1, 0.15) is 30.0 Å². The molecule has 2 aliphatic heterocycles. The van der Waals surface area contributed by atoms with Gasteiger partial charge in [-0.3, -0.25) is 4.90 Å². The van der Waals surface area contributed by atoms with Crippen LogP contribution in [0.5, 0.6) is 0 Å². The molecule has 4 heteroatoms. The Morgan fingerprint density at radius 1 is 1.21 bits per heavy atom. The number of nitrogens with zero attached hydrogens (tertiary/aromatic N) is 2. The van der Waals surface area contributed by atoms with Crippen molar-refractivity contribution in [2.24, 2.45) is 5.92 Å². The van der Waals surface area contributed by atoms with Crippen molar-refractivity contribution in [2.45, 2.75) is 25.8 Å². The Balaban J connectivity index is 1.63. The van der Waals surface area contributed by atoms with Gasteiger partial charge in [0.1, 0.15) is 0 Å². The number of ether oxygens (including phenoxy) is 1. The zero-order valence-corrected chi connectivity index (χ0v) is 15.3. The average Bonchev–Trinajstić information content (AvgIpc) is 2.60. The van der Waals surface area contributed by atoms with Crippen LogP contribution in [0.25, 0.3) is 0 Å². The molecule has 2 saturated heterocycles. The molecule has 0 aromatic heterocycles. The zero-order valence-electron chi connectivity index (χ0n) is 15.3. The second-order valence-electron chi connectivity index (χ2n) is 7.50. The van der Waals surface area contributed by atoms with E-state index in [0.29, 0.717) is 6.04 Å². The molecular formula is C20H33N3O. The lowest BCUT2D eigenvalue weighted by atomic mass is 9.96. The van der Waals surface area contributed by atoms with Gasteiger partial charge < -0.3 is 15.0 Å². The molecule has 4 nitrogen and oxygen atoms in total. The molecule has 2 fully saturated rings. The van der Waals surface area contributed by atoms with E-state index in [1.807, 2.05) is 0 Å². The maximum atomic E-state index is 5.51. The van der Waals surface area contributed by atoms with Crippen LogP contribution in [0.15, 0.2) is 24.3 Å². The number of piperidine rings is 1. The third-order valence-corrected chi connectivity index (χ3v) is 5.48. The SMILES string of the molecule is Cc1ccccc1[C@H](CN1CCOCC1)NC[C@H]1CCCN(C)C1. The number of nitrogens with one attached hydrogen (secondary N) is 1. The minimum atomic E-state index is 0.413. The highest BCUT2D eigenvalue weighted by Gasteiger charge is 2.22. The fourth-order valence-electron chi connectivity index (χ4n) is 4.04. The summed E-state index contributed by atoms with van der Waals surface area (Å²) in [6.07, 6.45) is 2.69. The van der Waals surface area contributed by atoms with Crippen molar-refractivity contribution >= 4 is 0 Å². The predicted molar refractivity (Wildman–Crippen MR) is 99.4 cm³/mol. The van der Waals surface area contributed by atoms with E-state index >= 15 is 0 Å². The minimum Gasteiger partial charge on any atom is -0.379 e. The Kier molecular flexibility index (Phi) is 6.67. The summed E-state index contributed by atoms with van der Waals surface area (Å²) in [4.78, 5) is 5.02. The molecule has 0 radical (unpaired) electrons. The zero-order chi connectivity index (χ0) is 16.8. The van der Waals surface area contributed by atoms with Crippen molar-refractivity contribution in [3.8, 4) is 0 Å². The van der Waals surface area contributed by atoms with Gasteiger partial charge in [0.05, 0.1) is 13.2 Å². The summed E-state index contributed by atoms with van der Waals surface area (Å²) < 4.78 is 5.51. The normalized spacial score (nSPS) is 24.8.